The first-order chi connectivity index (χ1) is 6.86. The van der Waals surface area contributed by atoms with E-state index in [9.17, 15) is 0 Å². The number of aryl methyl sites for hydroxylation is 1. The second-order valence-corrected chi connectivity index (χ2v) is 5.03. The van der Waals surface area contributed by atoms with Crippen LogP contribution in [0.15, 0.2) is 24.3 Å². The molecule has 2 heteroatoms. The van der Waals surface area contributed by atoms with Crippen LogP contribution in [0.5, 0.6) is 0 Å². The number of rotatable bonds is 0. The van der Waals surface area contributed by atoms with Gasteiger partial charge in [0.15, 0.2) is 0 Å². The summed E-state index contributed by atoms with van der Waals surface area (Å²) in [5.41, 5.74) is 1.48. The maximum absolute atomic E-state index is 2.40. The molecule has 1 nitrogen and oxygen atoms in total. The van der Waals surface area contributed by atoms with E-state index in [1.807, 2.05) is 11.3 Å². The van der Waals surface area contributed by atoms with Crippen molar-refractivity contribution in [3.8, 4) is 0 Å². The molecule has 2 heterocycles. The molecule has 2 aromatic rings. The highest BCUT2D eigenvalue weighted by molar-refractivity contribution is 7.19. The predicted octanol–water partition coefficient (Wildman–Crippen LogP) is 3.28. The molecule has 0 aliphatic carbocycles. The summed E-state index contributed by atoms with van der Waals surface area (Å²) in [4.78, 5) is 3.97. The van der Waals surface area contributed by atoms with Gasteiger partial charge in [-0.15, -0.1) is 11.3 Å². The molecule has 1 aliphatic heterocycles. The van der Waals surface area contributed by atoms with E-state index in [1.165, 1.54) is 35.2 Å². The molecule has 0 saturated heterocycles. The van der Waals surface area contributed by atoms with E-state index in [1.54, 1.807) is 4.88 Å². The summed E-state index contributed by atoms with van der Waals surface area (Å²) >= 11 is 1.96. The maximum atomic E-state index is 2.40. The third kappa shape index (κ3) is 1.07. The van der Waals surface area contributed by atoms with E-state index < -0.39 is 0 Å². The lowest BCUT2D eigenvalue weighted by molar-refractivity contribution is 0.758. The average Bonchev–Trinajstić information content (AvgIpc) is 2.57. The zero-order valence-corrected chi connectivity index (χ0v) is 9.10. The van der Waals surface area contributed by atoms with Crippen molar-refractivity contribution >= 4 is 27.1 Å². The molecular weight excluding hydrogens is 190 g/mol. The largest absolute Gasteiger partial charge is 0.373 e. The molecule has 0 unspecified atom stereocenters. The van der Waals surface area contributed by atoms with Crippen molar-refractivity contribution in [1.29, 1.82) is 0 Å². The van der Waals surface area contributed by atoms with Crippen molar-refractivity contribution in [2.75, 3.05) is 18.5 Å². The van der Waals surface area contributed by atoms with Gasteiger partial charge >= 0.3 is 0 Å². The van der Waals surface area contributed by atoms with Crippen molar-refractivity contribution < 1.29 is 0 Å². The molecule has 72 valence electrons. The zero-order valence-electron chi connectivity index (χ0n) is 8.29. The van der Waals surface area contributed by atoms with Crippen LogP contribution in [0, 0.1) is 0 Å². The Kier molecular flexibility index (Phi) is 1.77. The Morgan fingerprint density at radius 1 is 1.29 bits per heavy atom. The summed E-state index contributed by atoms with van der Waals surface area (Å²) in [6.07, 6.45) is 2.56. The van der Waals surface area contributed by atoms with E-state index in [-0.39, 0.29) is 0 Å². The maximum Gasteiger partial charge on any atom is 0.0585 e. The van der Waals surface area contributed by atoms with Gasteiger partial charge in [-0.3, -0.25) is 0 Å². The normalized spacial score (nSPS) is 15.9. The van der Waals surface area contributed by atoms with Crippen molar-refractivity contribution in [2.45, 2.75) is 12.8 Å². The van der Waals surface area contributed by atoms with Crippen molar-refractivity contribution in [3.05, 3.63) is 29.1 Å². The predicted molar refractivity (Wildman–Crippen MR) is 63.4 cm³/mol. The number of anilines is 1. The van der Waals surface area contributed by atoms with Crippen molar-refractivity contribution in [1.82, 2.24) is 0 Å². The number of benzene rings is 1. The quantitative estimate of drug-likeness (QED) is 0.635. The summed E-state index contributed by atoms with van der Waals surface area (Å²) in [5, 5.41) is 1.44. The second kappa shape index (κ2) is 2.99. The minimum absolute atomic E-state index is 1.20. The fourth-order valence-electron chi connectivity index (χ4n) is 2.26. The monoisotopic (exact) mass is 203 g/mol. The van der Waals surface area contributed by atoms with Crippen LogP contribution in [-0.2, 0) is 6.42 Å². The zero-order chi connectivity index (χ0) is 9.54. The Balaban J connectivity index is 2.34. The lowest BCUT2D eigenvalue weighted by atomic mass is 10.1. The first-order valence-electron chi connectivity index (χ1n) is 5.08. The first kappa shape index (κ1) is 8.30. The smallest absolute Gasteiger partial charge is 0.0585 e. The van der Waals surface area contributed by atoms with Gasteiger partial charge in [0.25, 0.3) is 0 Å². The Bertz CT molecular complexity index is 472. The van der Waals surface area contributed by atoms with Gasteiger partial charge in [0.1, 0.15) is 0 Å². The summed E-state index contributed by atoms with van der Waals surface area (Å²) in [6, 6.07) is 8.74. The van der Waals surface area contributed by atoms with Crippen LogP contribution in [0.1, 0.15) is 11.3 Å². The number of fused-ring (bicyclic) bond motifs is 3. The summed E-state index contributed by atoms with van der Waals surface area (Å²) in [5.74, 6) is 0. The van der Waals surface area contributed by atoms with Gasteiger partial charge in [-0.25, -0.2) is 0 Å². The van der Waals surface area contributed by atoms with Gasteiger partial charge in [-0.1, -0.05) is 18.2 Å². The lowest BCUT2D eigenvalue weighted by Gasteiger charge is -2.24. The van der Waals surface area contributed by atoms with Gasteiger partial charge in [0.2, 0.25) is 0 Å². The highest BCUT2D eigenvalue weighted by atomic mass is 32.1. The molecule has 0 fully saturated rings. The van der Waals surface area contributed by atoms with E-state index in [0.717, 1.165) is 0 Å². The van der Waals surface area contributed by atoms with E-state index in [2.05, 4.69) is 36.2 Å². The van der Waals surface area contributed by atoms with E-state index in [4.69, 9.17) is 0 Å². The summed E-state index contributed by atoms with van der Waals surface area (Å²) in [6.45, 7) is 1.20. The second-order valence-electron chi connectivity index (χ2n) is 3.90. The third-order valence-electron chi connectivity index (χ3n) is 2.92. The Hall–Kier alpha value is -1.02. The lowest BCUT2D eigenvalue weighted by Crippen LogP contribution is -2.23. The standard InChI is InChI=1S/C12H13NS/c1-13-8-4-7-11-12(13)9-5-2-3-6-10(9)14-11/h2-3,5-6H,4,7-8H2,1H3. The fraction of sp³-hybridized carbons (Fsp3) is 0.333. The van der Waals surface area contributed by atoms with Crippen LogP contribution < -0.4 is 4.90 Å². The van der Waals surface area contributed by atoms with Gasteiger partial charge < -0.3 is 4.90 Å². The van der Waals surface area contributed by atoms with Gasteiger partial charge in [0, 0.05) is 28.6 Å². The van der Waals surface area contributed by atoms with Crippen molar-refractivity contribution in [3.63, 3.8) is 0 Å². The van der Waals surface area contributed by atoms with Crippen LogP contribution in [0.4, 0.5) is 5.69 Å². The van der Waals surface area contributed by atoms with Gasteiger partial charge in [-0.05, 0) is 18.9 Å². The highest BCUT2D eigenvalue weighted by Crippen LogP contribution is 2.40. The SMILES string of the molecule is CN1CCCc2sc3ccccc3c21. The van der Waals surface area contributed by atoms with Crippen LogP contribution >= 0.6 is 11.3 Å². The summed E-state index contributed by atoms with van der Waals surface area (Å²) in [7, 11) is 2.21. The molecule has 0 saturated carbocycles. The average molecular weight is 203 g/mol. The molecule has 0 spiro atoms. The number of hydrogen-bond donors (Lipinski definition) is 0. The Morgan fingerprint density at radius 2 is 2.14 bits per heavy atom. The molecule has 0 N–H and O–H groups in total. The number of thiophene rings is 1. The molecule has 0 radical (unpaired) electrons. The van der Waals surface area contributed by atoms with Crippen LogP contribution in [0.2, 0.25) is 0 Å². The number of hydrogen-bond acceptors (Lipinski definition) is 2. The van der Waals surface area contributed by atoms with Crippen molar-refractivity contribution in [2.24, 2.45) is 0 Å². The Labute approximate surface area is 88.0 Å². The first-order valence-corrected chi connectivity index (χ1v) is 5.89. The van der Waals surface area contributed by atoms with E-state index in [0.29, 0.717) is 0 Å². The highest BCUT2D eigenvalue weighted by Gasteiger charge is 2.18. The van der Waals surface area contributed by atoms with Crippen LogP contribution in [-0.4, -0.2) is 13.6 Å². The molecule has 0 atom stereocenters. The molecule has 0 amide bonds. The number of nitrogens with zero attached hydrogens (tertiary/aromatic N) is 1. The topological polar surface area (TPSA) is 3.24 Å². The summed E-state index contributed by atoms with van der Waals surface area (Å²) < 4.78 is 1.44. The fourth-order valence-corrected chi connectivity index (χ4v) is 3.55. The van der Waals surface area contributed by atoms with E-state index >= 15 is 0 Å². The van der Waals surface area contributed by atoms with Gasteiger partial charge in [-0.2, -0.15) is 0 Å². The molecule has 0 bridgehead atoms. The van der Waals surface area contributed by atoms with Crippen LogP contribution in [0.25, 0.3) is 10.1 Å². The molecule has 1 aromatic heterocycles. The Morgan fingerprint density at radius 3 is 3.07 bits per heavy atom. The van der Waals surface area contributed by atoms with Gasteiger partial charge in [0.05, 0.1) is 5.69 Å². The molecule has 3 rings (SSSR count). The molecule has 1 aromatic carbocycles. The molecule has 14 heavy (non-hydrogen) atoms. The molecular formula is C12H13NS. The van der Waals surface area contributed by atoms with Crippen LogP contribution in [0.3, 0.4) is 0 Å². The minimum Gasteiger partial charge on any atom is -0.373 e. The minimum atomic E-state index is 1.20. The molecule has 1 aliphatic rings. The third-order valence-corrected chi connectivity index (χ3v) is 4.14.